The Balaban J connectivity index is 1.99. The average molecular weight is 235 g/mol. The molecule has 17 heavy (non-hydrogen) atoms. The van der Waals surface area contributed by atoms with Crippen molar-refractivity contribution in [3.8, 4) is 5.75 Å². The Bertz CT molecular complexity index is 510. The van der Waals surface area contributed by atoms with Gasteiger partial charge in [0.15, 0.2) is 11.6 Å². The lowest BCUT2D eigenvalue weighted by atomic mass is 10.2. The summed E-state index contributed by atoms with van der Waals surface area (Å²) in [5.74, 6) is -0.930. The fourth-order valence-electron chi connectivity index (χ4n) is 1.49. The second-order valence-corrected chi connectivity index (χ2v) is 3.72. The van der Waals surface area contributed by atoms with E-state index >= 15 is 0 Å². The zero-order chi connectivity index (χ0) is 12.3. The van der Waals surface area contributed by atoms with E-state index in [9.17, 15) is 4.39 Å². The highest BCUT2D eigenvalue weighted by atomic mass is 19.1. The first kappa shape index (κ1) is 11.4. The van der Waals surface area contributed by atoms with Crippen molar-refractivity contribution in [2.75, 3.05) is 5.32 Å². The summed E-state index contributed by atoms with van der Waals surface area (Å²) in [5.41, 5.74) is 1.66. The summed E-state index contributed by atoms with van der Waals surface area (Å²) in [6.45, 7) is 3.31. The summed E-state index contributed by atoms with van der Waals surface area (Å²) < 4.78 is 14.9. The maximum absolute atomic E-state index is 13.1. The molecule has 5 heteroatoms. The van der Waals surface area contributed by atoms with Crippen molar-refractivity contribution in [2.24, 2.45) is 0 Å². The summed E-state index contributed by atoms with van der Waals surface area (Å²) in [5, 5.41) is 16.3. The molecule has 1 aromatic carbocycles. The molecule has 0 saturated carbocycles. The molecule has 2 rings (SSSR count). The summed E-state index contributed by atoms with van der Waals surface area (Å²) in [4.78, 5) is 0. The van der Waals surface area contributed by atoms with E-state index in [4.69, 9.17) is 5.11 Å². The van der Waals surface area contributed by atoms with Crippen LogP contribution >= 0.6 is 0 Å². The van der Waals surface area contributed by atoms with Crippen LogP contribution in [0.25, 0.3) is 0 Å². The van der Waals surface area contributed by atoms with Gasteiger partial charge >= 0.3 is 0 Å². The van der Waals surface area contributed by atoms with E-state index in [1.165, 1.54) is 12.1 Å². The van der Waals surface area contributed by atoms with Crippen molar-refractivity contribution in [1.29, 1.82) is 0 Å². The second kappa shape index (κ2) is 4.86. The molecule has 0 fully saturated rings. The van der Waals surface area contributed by atoms with Gasteiger partial charge in [-0.2, -0.15) is 5.10 Å². The number of halogens is 1. The first-order valence-corrected chi connectivity index (χ1v) is 5.42. The quantitative estimate of drug-likeness (QED) is 0.855. The number of phenolic OH excluding ortho intramolecular Hbond substituents is 1. The Hall–Kier alpha value is -2.04. The van der Waals surface area contributed by atoms with Crippen LogP contribution in [-0.2, 0) is 13.1 Å². The normalized spacial score (nSPS) is 10.5. The van der Waals surface area contributed by atoms with Gasteiger partial charge in [-0.3, -0.25) is 4.68 Å². The van der Waals surface area contributed by atoms with Crippen LogP contribution < -0.4 is 5.32 Å². The SMILES string of the molecule is CCn1cc(NCc2ccc(O)c(F)c2)cn1. The molecule has 0 amide bonds. The van der Waals surface area contributed by atoms with Crippen LogP contribution in [-0.4, -0.2) is 14.9 Å². The third-order valence-electron chi connectivity index (χ3n) is 2.47. The summed E-state index contributed by atoms with van der Waals surface area (Å²) in [6.07, 6.45) is 3.61. The Labute approximate surface area is 98.7 Å². The van der Waals surface area contributed by atoms with Crippen LogP contribution in [0.2, 0.25) is 0 Å². The molecule has 2 N–H and O–H groups in total. The molecule has 0 aliphatic carbocycles. The highest BCUT2D eigenvalue weighted by molar-refractivity contribution is 5.39. The van der Waals surface area contributed by atoms with Crippen LogP contribution in [0.3, 0.4) is 0 Å². The highest BCUT2D eigenvalue weighted by Crippen LogP contribution is 2.17. The van der Waals surface area contributed by atoms with Gasteiger partial charge in [0.2, 0.25) is 0 Å². The van der Waals surface area contributed by atoms with E-state index < -0.39 is 5.82 Å². The standard InChI is InChI=1S/C12H14FN3O/c1-2-16-8-10(7-15-16)14-6-9-3-4-12(17)11(13)5-9/h3-5,7-8,14,17H,2,6H2,1H3. The molecule has 0 bridgehead atoms. The van der Waals surface area contributed by atoms with Crippen LogP contribution in [0.15, 0.2) is 30.6 Å². The van der Waals surface area contributed by atoms with E-state index in [2.05, 4.69) is 10.4 Å². The zero-order valence-electron chi connectivity index (χ0n) is 9.52. The number of aromatic nitrogens is 2. The molecule has 0 aliphatic heterocycles. The molecule has 0 spiro atoms. The lowest BCUT2D eigenvalue weighted by molar-refractivity contribution is 0.432. The number of benzene rings is 1. The Morgan fingerprint density at radius 1 is 1.47 bits per heavy atom. The molecule has 0 saturated heterocycles. The van der Waals surface area contributed by atoms with Crippen LogP contribution in [0.4, 0.5) is 10.1 Å². The van der Waals surface area contributed by atoms with Gasteiger partial charge in [-0.1, -0.05) is 6.07 Å². The first-order valence-electron chi connectivity index (χ1n) is 5.42. The summed E-state index contributed by atoms with van der Waals surface area (Å²) in [6, 6.07) is 4.34. The van der Waals surface area contributed by atoms with Gasteiger partial charge in [0, 0.05) is 19.3 Å². The average Bonchev–Trinajstić information content (AvgIpc) is 2.79. The highest BCUT2D eigenvalue weighted by Gasteiger charge is 2.02. The maximum atomic E-state index is 13.1. The summed E-state index contributed by atoms with van der Waals surface area (Å²) in [7, 11) is 0. The topological polar surface area (TPSA) is 50.1 Å². The van der Waals surface area contributed by atoms with Gasteiger partial charge in [0.05, 0.1) is 11.9 Å². The number of phenols is 1. The maximum Gasteiger partial charge on any atom is 0.165 e. The van der Waals surface area contributed by atoms with Gasteiger partial charge in [0.25, 0.3) is 0 Å². The Morgan fingerprint density at radius 3 is 2.94 bits per heavy atom. The molecule has 1 aromatic heterocycles. The van der Waals surface area contributed by atoms with Crippen LogP contribution in [0.1, 0.15) is 12.5 Å². The van der Waals surface area contributed by atoms with Crippen molar-refractivity contribution in [3.05, 3.63) is 42.0 Å². The number of nitrogens with one attached hydrogen (secondary N) is 1. The molecule has 0 aliphatic rings. The lowest BCUT2D eigenvalue weighted by Gasteiger charge is -2.04. The minimum atomic E-state index is -0.603. The van der Waals surface area contributed by atoms with Crippen LogP contribution in [0.5, 0.6) is 5.75 Å². The number of hydrogen-bond acceptors (Lipinski definition) is 3. The van der Waals surface area contributed by atoms with Crippen molar-refractivity contribution < 1.29 is 9.50 Å². The van der Waals surface area contributed by atoms with Crippen molar-refractivity contribution in [2.45, 2.75) is 20.0 Å². The predicted octanol–water partition coefficient (Wildman–Crippen LogP) is 2.36. The first-order chi connectivity index (χ1) is 8.19. The van der Waals surface area contributed by atoms with Gasteiger partial charge in [0.1, 0.15) is 0 Å². The monoisotopic (exact) mass is 235 g/mol. The number of aryl methyl sites for hydroxylation is 1. The van der Waals surface area contributed by atoms with E-state index in [1.54, 1.807) is 16.9 Å². The third kappa shape index (κ3) is 2.75. The number of anilines is 1. The van der Waals surface area contributed by atoms with Gasteiger partial charge in [-0.25, -0.2) is 4.39 Å². The molecular formula is C12H14FN3O. The van der Waals surface area contributed by atoms with E-state index in [0.29, 0.717) is 6.54 Å². The Kier molecular flexibility index (Phi) is 3.27. The van der Waals surface area contributed by atoms with Gasteiger partial charge in [-0.05, 0) is 24.6 Å². The summed E-state index contributed by atoms with van der Waals surface area (Å²) >= 11 is 0. The predicted molar refractivity (Wildman–Crippen MR) is 63.3 cm³/mol. The largest absolute Gasteiger partial charge is 0.505 e. The molecule has 2 aromatic rings. The Morgan fingerprint density at radius 2 is 2.29 bits per heavy atom. The molecule has 0 unspecified atom stereocenters. The number of rotatable bonds is 4. The van der Waals surface area contributed by atoms with Gasteiger partial charge in [-0.15, -0.1) is 0 Å². The van der Waals surface area contributed by atoms with Gasteiger partial charge < -0.3 is 10.4 Å². The fourth-order valence-corrected chi connectivity index (χ4v) is 1.49. The molecule has 4 nitrogen and oxygen atoms in total. The molecule has 0 atom stereocenters. The van der Waals surface area contributed by atoms with E-state index in [0.717, 1.165) is 17.8 Å². The van der Waals surface area contributed by atoms with E-state index in [1.807, 2.05) is 13.1 Å². The minimum absolute atomic E-state index is 0.326. The lowest BCUT2D eigenvalue weighted by Crippen LogP contribution is -1.99. The van der Waals surface area contributed by atoms with Crippen molar-refractivity contribution in [1.82, 2.24) is 9.78 Å². The zero-order valence-corrected chi connectivity index (χ0v) is 9.52. The molecule has 90 valence electrons. The molecule has 1 heterocycles. The molecule has 0 radical (unpaired) electrons. The smallest absolute Gasteiger partial charge is 0.165 e. The fraction of sp³-hybridized carbons (Fsp3) is 0.250. The minimum Gasteiger partial charge on any atom is -0.505 e. The van der Waals surface area contributed by atoms with E-state index in [-0.39, 0.29) is 5.75 Å². The third-order valence-corrected chi connectivity index (χ3v) is 2.47. The molecular weight excluding hydrogens is 221 g/mol. The number of hydrogen-bond donors (Lipinski definition) is 2. The van der Waals surface area contributed by atoms with Crippen molar-refractivity contribution in [3.63, 3.8) is 0 Å². The second-order valence-electron chi connectivity index (χ2n) is 3.72. The van der Waals surface area contributed by atoms with Crippen LogP contribution in [0, 0.1) is 5.82 Å². The van der Waals surface area contributed by atoms with Crippen molar-refractivity contribution >= 4 is 5.69 Å². The number of aromatic hydroxyl groups is 1. The number of nitrogens with zero attached hydrogens (tertiary/aromatic N) is 2.